The van der Waals surface area contributed by atoms with Gasteiger partial charge in [-0.25, -0.2) is 0 Å². The first-order valence-corrected chi connectivity index (χ1v) is 9.01. The number of halogens is 1. The topological polar surface area (TPSA) is 58.2 Å². The minimum Gasteiger partial charge on any atom is -0.273 e. The lowest BCUT2D eigenvalue weighted by atomic mass is 10.1. The summed E-state index contributed by atoms with van der Waals surface area (Å²) in [5.41, 5.74) is 8.06. The summed E-state index contributed by atoms with van der Waals surface area (Å²) in [4.78, 5) is 23.5. The molecule has 0 aromatic heterocycles. The van der Waals surface area contributed by atoms with Gasteiger partial charge in [0.2, 0.25) is 11.8 Å². The average Bonchev–Trinajstić information content (AvgIpc) is 2.55. The Morgan fingerprint density at radius 3 is 2.42 bits per heavy atom. The van der Waals surface area contributed by atoms with Gasteiger partial charge < -0.3 is 0 Å². The van der Waals surface area contributed by atoms with Gasteiger partial charge in [0.15, 0.2) is 0 Å². The molecule has 0 aliphatic rings. The molecular formula is C18H19ClN2O2S. The van der Waals surface area contributed by atoms with Crippen LogP contribution in [0.1, 0.15) is 16.7 Å². The number of hydrogen-bond acceptors (Lipinski definition) is 3. The first kappa shape index (κ1) is 18.4. The molecule has 2 rings (SSSR count). The van der Waals surface area contributed by atoms with Crippen LogP contribution in [0, 0.1) is 6.92 Å². The first-order valence-electron chi connectivity index (χ1n) is 7.48. The van der Waals surface area contributed by atoms with Crippen molar-refractivity contribution in [2.45, 2.75) is 19.1 Å². The minimum atomic E-state index is -0.269. The average molecular weight is 363 g/mol. The number of hydrazine groups is 1. The van der Waals surface area contributed by atoms with Gasteiger partial charge in [0.1, 0.15) is 0 Å². The number of aryl methyl sites for hydroxylation is 1. The van der Waals surface area contributed by atoms with Crippen LogP contribution in [0.15, 0.2) is 48.5 Å². The monoisotopic (exact) mass is 362 g/mol. The quantitative estimate of drug-likeness (QED) is 0.775. The zero-order valence-corrected chi connectivity index (χ0v) is 14.9. The van der Waals surface area contributed by atoms with Gasteiger partial charge in [-0.1, -0.05) is 53.6 Å². The van der Waals surface area contributed by atoms with Gasteiger partial charge in [0.25, 0.3) is 0 Å². The summed E-state index contributed by atoms with van der Waals surface area (Å²) in [7, 11) is 0. The van der Waals surface area contributed by atoms with Crippen LogP contribution in [0.3, 0.4) is 0 Å². The van der Waals surface area contributed by atoms with Crippen molar-refractivity contribution < 1.29 is 9.59 Å². The third-order valence-corrected chi connectivity index (χ3v) is 4.46. The second-order valence-corrected chi connectivity index (χ2v) is 6.80. The van der Waals surface area contributed by atoms with E-state index in [2.05, 4.69) is 16.9 Å². The number of nitrogens with one attached hydrogen (secondary N) is 2. The molecule has 2 aromatic carbocycles. The highest BCUT2D eigenvalue weighted by Gasteiger charge is 2.06. The van der Waals surface area contributed by atoms with Gasteiger partial charge >= 0.3 is 0 Å². The number of hydrogen-bond donors (Lipinski definition) is 2. The summed E-state index contributed by atoms with van der Waals surface area (Å²) >= 11 is 7.29. The van der Waals surface area contributed by atoms with E-state index in [0.717, 1.165) is 11.3 Å². The Kier molecular flexibility index (Phi) is 7.15. The molecule has 2 aromatic rings. The maximum atomic E-state index is 11.8. The summed E-state index contributed by atoms with van der Waals surface area (Å²) < 4.78 is 0. The maximum Gasteiger partial charge on any atom is 0.248 e. The van der Waals surface area contributed by atoms with E-state index in [1.807, 2.05) is 25.1 Å². The Balaban J connectivity index is 1.65. The number of rotatable bonds is 6. The van der Waals surface area contributed by atoms with Crippen LogP contribution in [0.25, 0.3) is 0 Å². The standard InChI is InChI=1S/C18H19ClN2O2S/c1-13-3-2-4-15(9-13)11-24-12-18(23)21-20-17(22)10-14-5-7-16(19)8-6-14/h2-9H,10-12H2,1H3,(H,20,22)(H,21,23). The Morgan fingerprint density at radius 2 is 1.71 bits per heavy atom. The lowest BCUT2D eigenvalue weighted by molar-refractivity contribution is -0.127. The van der Waals surface area contributed by atoms with Crippen LogP contribution < -0.4 is 10.9 Å². The van der Waals surface area contributed by atoms with E-state index < -0.39 is 0 Å². The molecule has 0 saturated carbocycles. The predicted octanol–water partition coefficient (Wildman–Crippen LogP) is 3.27. The zero-order valence-electron chi connectivity index (χ0n) is 13.3. The third kappa shape index (κ3) is 6.64. The van der Waals surface area contributed by atoms with E-state index in [4.69, 9.17) is 11.6 Å². The van der Waals surface area contributed by atoms with E-state index in [-0.39, 0.29) is 24.0 Å². The summed E-state index contributed by atoms with van der Waals surface area (Å²) in [6.45, 7) is 2.04. The van der Waals surface area contributed by atoms with Crippen molar-refractivity contribution in [3.8, 4) is 0 Å². The van der Waals surface area contributed by atoms with Crippen LogP contribution in [0.5, 0.6) is 0 Å². The van der Waals surface area contributed by atoms with Crippen molar-refractivity contribution in [2.75, 3.05) is 5.75 Å². The molecule has 0 fully saturated rings. The van der Waals surface area contributed by atoms with E-state index in [0.29, 0.717) is 5.02 Å². The van der Waals surface area contributed by atoms with E-state index >= 15 is 0 Å². The zero-order chi connectivity index (χ0) is 17.4. The lowest BCUT2D eigenvalue weighted by Gasteiger charge is -2.08. The fourth-order valence-electron chi connectivity index (χ4n) is 2.07. The van der Waals surface area contributed by atoms with Crippen molar-refractivity contribution in [3.63, 3.8) is 0 Å². The first-order chi connectivity index (χ1) is 11.5. The molecule has 0 heterocycles. The van der Waals surface area contributed by atoms with Gasteiger partial charge in [-0.2, -0.15) is 0 Å². The molecule has 24 heavy (non-hydrogen) atoms. The fraction of sp³-hybridized carbons (Fsp3) is 0.222. The normalized spacial score (nSPS) is 10.2. The molecule has 0 saturated heterocycles. The molecule has 0 radical (unpaired) electrons. The number of benzene rings is 2. The van der Waals surface area contributed by atoms with Crippen molar-refractivity contribution in [1.82, 2.24) is 10.9 Å². The van der Waals surface area contributed by atoms with Crippen LogP contribution in [-0.2, 0) is 21.8 Å². The van der Waals surface area contributed by atoms with Gasteiger partial charge in [0, 0.05) is 10.8 Å². The molecule has 0 unspecified atom stereocenters. The Morgan fingerprint density at radius 1 is 1.00 bits per heavy atom. The molecule has 2 amide bonds. The molecule has 6 heteroatoms. The summed E-state index contributed by atoms with van der Waals surface area (Å²) in [5.74, 6) is 0.551. The van der Waals surface area contributed by atoms with Gasteiger partial charge in [-0.3, -0.25) is 20.4 Å². The smallest absolute Gasteiger partial charge is 0.248 e. The van der Waals surface area contributed by atoms with Gasteiger partial charge in [-0.15, -0.1) is 11.8 Å². The highest BCUT2D eigenvalue weighted by atomic mass is 35.5. The van der Waals surface area contributed by atoms with E-state index in [9.17, 15) is 9.59 Å². The van der Waals surface area contributed by atoms with Gasteiger partial charge in [0.05, 0.1) is 12.2 Å². The number of carbonyl (C=O) groups excluding carboxylic acids is 2. The summed E-state index contributed by atoms with van der Waals surface area (Å²) in [6, 6.07) is 15.2. The van der Waals surface area contributed by atoms with Crippen LogP contribution in [0.2, 0.25) is 5.02 Å². The van der Waals surface area contributed by atoms with E-state index in [1.54, 1.807) is 24.3 Å². The highest BCUT2D eigenvalue weighted by molar-refractivity contribution is 7.99. The number of carbonyl (C=O) groups is 2. The largest absolute Gasteiger partial charge is 0.273 e. The third-order valence-electron chi connectivity index (χ3n) is 3.20. The molecule has 2 N–H and O–H groups in total. The van der Waals surface area contributed by atoms with Crippen molar-refractivity contribution in [1.29, 1.82) is 0 Å². The van der Waals surface area contributed by atoms with Crippen LogP contribution in [0.4, 0.5) is 0 Å². The fourth-order valence-corrected chi connectivity index (χ4v) is 2.97. The van der Waals surface area contributed by atoms with E-state index in [1.165, 1.54) is 22.9 Å². The molecule has 4 nitrogen and oxygen atoms in total. The van der Waals surface area contributed by atoms with Crippen molar-refractivity contribution in [2.24, 2.45) is 0 Å². The molecule has 0 spiro atoms. The molecule has 0 bridgehead atoms. The maximum absolute atomic E-state index is 11.8. The second-order valence-electron chi connectivity index (χ2n) is 5.38. The summed E-state index contributed by atoms with van der Waals surface area (Å²) in [5, 5.41) is 0.623. The van der Waals surface area contributed by atoms with Gasteiger partial charge in [-0.05, 0) is 30.2 Å². The molecule has 0 aliphatic heterocycles. The SMILES string of the molecule is Cc1cccc(CSCC(=O)NNC(=O)Cc2ccc(Cl)cc2)c1. The van der Waals surface area contributed by atoms with Crippen LogP contribution in [-0.4, -0.2) is 17.6 Å². The molecule has 0 atom stereocenters. The number of thioether (sulfide) groups is 1. The predicted molar refractivity (Wildman–Crippen MR) is 98.8 cm³/mol. The van der Waals surface area contributed by atoms with Crippen molar-refractivity contribution in [3.05, 3.63) is 70.2 Å². The Hall–Kier alpha value is -1.98. The van der Waals surface area contributed by atoms with Crippen LogP contribution >= 0.6 is 23.4 Å². The number of amides is 2. The highest BCUT2D eigenvalue weighted by Crippen LogP contribution is 2.13. The summed E-state index contributed by atoms with van der Waals surface area (Å²) in [6.07, 6.45) is 0.188. The Bertz CT molecular complexity index is 704. The lowest BCUT2D eigenvalue weighted by Crippen LogP contribution is -2.43. The molecular weight excluding hydrogens is 344 g/mol. The Labute approximate surface area is 150 Å². The molecule has 126 valence electrons. The van der Waals surface area contributed by atoms with Crippen molar-refractivity contribution >= 4 is 35.2 Å². The second kappa shape index (κ2) is 9.35. The minimum absolute atomic E-state index is 0.188. The molecule has 0 aliphatic carbocycles.